The maximum Gasteiger partial charge on any atom is 0.325 e. The minimum absolute atomic E-state index is 0.186. The summed E-state index contributed by atoms with van der Waals surface area (Å²) in [5.74, 6) is 0.451. The van der Waals surface area contributed by atoms with E-state index >= 15 is 0 Å². The second kappa shape index (κ2) is 11.0. The van der Waals surface area contributed by atoms with Crippen LogP contribution in [0.25, 0.3) is 0 Å². The predicted octanol–water partition coefficient (Wildman–Crippen LogP) is 3.54. The molecule has 0 aliphatic carbocycles. The second-order valence-electron chi connectivity index (χ2n) is 6.55. The Bertz CT molecular complexity index is 281. The van der Waals surface area contributed by atoms with E-state index < -0.39 is 5.54 Å². The van der Waals surface area contributed by atoms with Crippen molar-refractivity contribution in [2.75, 3.05) is 20.3 Å². The third-order valence-electron chi connectivity index (χ3n) is 3.64. The highest BCUT2D eigenvalue weighted by molar-refractivity contribution is 5.80. The minimum atomic E-state index is -0.599. The summed E-state index contributed by atoms with van der Waals surface area (Å²) in [6, 6.07) is 0.250. The highest BCUT2D eigenvalue weighted by atomic mass is 16.5. The molecule has 4 heteroatoms. The fourth-order valence-corrected chi connectivity index (χ4v) is 2.64. The van der Waals surface area contributed by atoms with E-state index in [4.69, 9.17) is 9.47 Å². The summed E-state index contributed by atoms with van der Waals surface area (Å²) in [4.78, 5) is 11.9. The summed E-state index contributed by atoms with van der Waals surface area (Å²) in [6.07, 6.45) is 5.13. The molecule has 21 heavy (non-hydrogen) atoms. The first-order chi connectivity index (χ1) is 9.85. The Hall–Kier alpha value is -0.610. The van der Waals surface area contributed by atoms with Gasteiger partial charge in [-0.05, 0) is 52.4 Å². The smallest absolute Gasteiger partial charge is 0.325 e. The van der Waals surface area contributed by atoms with E-state index in [1.807, 2.05) is 20.8 Å². The van der Waals surface area contributed by atoms with Crippen LogP contribution in [0.2, 0.25) is 0 Å². The zero-order chi connectivity index (χ0) is 16.3. The quantitative estimate of drug-likeness (QED) is 0.442. The van der Waals surface area contributed by atoms with Gasteiger partial charge in [0.25, 0.3) is 0 Å². The Balaban J connectivity index is 3.96. The number of hydrogen-bond acceptors (Lipinski definition) is 4. The number of nitrogens with one attached hydrogen (secondary N) is 1. The third-order valence-corrected chi connectivity index (χ3v) is 3.64. The van der Waals surface area contributed by atoms with Crippen LogP contribution >= 0.6 is 0 Å². The van der Waals surface area contributed by atoms with E-state index in [1.54, 1.807) is 0 Å². The van der Waals surface area contributed by atoms with Gasteiger partial charge in [0, 0.05) is 19.3 Å². The highest BCUT2D eigenvalue weighted by Gasteiger charge is 2.33. The van der Waals surface area contributed by atoms with Gasteiger partial charge in [-0.25, -0.2) is 0 Å². The second-order valence-corrected chi connectivity index (χ2v) is 6.55. The third kappa shape index (κ3) is 9.10. The van der Waals surface area contributed by atoms with Crippen LogP contribution in [-0.2, 0) is 14.3 Å². The molecule has 4 nitrogen and oxygen atoms in total. The summed E-state index contributed by atoms with van der Waals surface area (Å²) in [5, 5.41) is 3.32. The lowest BCUT2D eigenvalue weighted by atomic mass is 9.94. The largest absolute Gasteiger partial charge is 0.468 e. The van der Waals surface area contributed by atoms with Crippen LogP contribution in [0, 0.1) is 5.92 Å². The number of hydrogen-bond donors (Lipinski definition) is 1. The minimum Gasteiger partial charge on any atom is -0.468 e. The lowest BCUT2D eigenvalue weighted by Crippen LogP contribution is -2.52. The molecular formula is C17H35NO3. The topological polar surface area (TPSA) is 47.6 Å². The maximum absolute atomic E-state index is 11.9. The lowest BCUT2D eigenvalue weighted by Gasteiger charge is -2.30. The van der Waals surface area contributed by atoms with Gasteiger partial charge in [0.05, 0.1) is 7.11 Å². The average Bonchev–Trinajstić information content (AvgIpc) is 2.41. The molecule has 0 aliphatic rings. The molecule has 0 bridgehead atoms. The summed E-state index contributed by atoms with van der Waals surface area (Å²) in [6.45, 7) is 12.0. The molecule has 0 aromatic carbocycles. The van der Waals surface area contributed by atoms with Crippen molar-refractivity contribution >= 4 is 5.97 Å². The van der Waals surface area contributed by atoms with Gasteiger partial charge in [-0.2, -0.15) is 0 Å². The van der Waals surface area contributed by atoms with Gasteiger partial charge in [-0.1, -0.05) is 20.3 Å². The van der Waals surface area contributed by atoms with Crippen LogP contribution in [0.15, 0.2) is 0 Å². The molecule has 0 aromatic heterocycles. The molecule has 2 atom stereocenters. The molecule has 0 amide bonds. The number of methoxy groups -OCH3 is 1. The number of carbonyl (C=O) groups is 1. The van der Waals surface area contributed by atoms with E-state index in [1.165, 1.54) is 20.0 Å². The molecular weight excluding hydrogens is 266 g/mol. The van der Waals surface area contributed by atoms with Crippen molar-refractivity contribution in [3.05, 3.63) is 0 Å². The molecule has 1 N–H and O–H groups in total. The van der Waals surface area contributed by atoms with Gasteiger partial charge in [0.1, 0.15) is 5.54 Å². The molecule has 0 spiro atoms. The SMILES string of the molecule is CCCC(C)COCCCCC(C)(NC(C)C)C(=O)OC. The summed E-state index contributed by atoms with van der Waals surface area (Å²) >= 11 is 0. The Labute approximate surface area is 131 Å². The number of unbranched alkanes of at least 4 members (excludes halogenated alkanes) is 1. The van der Waals surface area contributed by atoms with Gasteiger partial charge in [-0.3, -0.25) is 10.1 Å². The number of rotatable bonds is 12. The monoisotopic (exact) mass is 301 g/mol. The summed E-state index contributed by atoms with van der Waals surface area (Å²) in [7, 11) is 1.45. The molecule has 0 aromatic rings. The summed E-state index contributed by atoms with van der Waals surface area (Å²) in [5.41, 5.74) is -0.599. The van der Waals surface area contributed by atoms with Crippen LogP contribution < -0.4 is 5.32 Å². The fourth-order valence-electron chi connectivity index (χ4n) is 2.64. The van der Waals surface area contributed by atoms with E-state index in [9.17, 15) is 4.79 Å². The standard InChI is InChI=1S/C17H35NO3/c1-7-10-15(4)13-21-12-9-8-11-17(5,16(19)20-6)18-14(2)3/h14-15,18H,7-13H2,1-6H3. The van der Waals surface area contributed by atoms with E-state index in [0.29, 0.717) is 5.92 Å². The van der Waals surface area contributed by atoms with Crippen LogP contribution in [0.3, 0.4) is 0 Å². The Morgan fingerprint density at radius 3 is 2.43 bits per heavy atom. The molecule has 0 rings (SSSR count). The van der Waals surface area contributed by atoms with E-state index in [0.717, 1.165) is 32.5 Å². The first kappa shape index (κ1) is 20.4. The number of carbonyl (C=O) groups excluding carboxylic acids is 1. The first-order valence-corrected chi connectivity index (χ1v) is 8.29. The van der Waals surface area contributed by atoms with Crippen LogP contribution in [0.1, 0.15) is 66.7 Å². The van der Waals surface area contributed by atoms with Gasteiger partial charge in [0.2, 0.25) is 0 Å². The van der Waals surface area contributed by atoms with Crippen molar-refractivity contribution in [2.24, 2.45) is 5.92 Å². The van der Waals surface area contributed by atoms with Crippen molar-refractivity contribution in [1.82, 2.24) is 5.32 Å². The van der Waals surface area contributed by atoms with Crippen LogP contribution in [0.5, 0.6) is 0 Å². The molecule has 126 valence electrons. The number of esters is 1. The number of ether oxygens (including phenoxy) is 2. The van der Waals surface area contributed by atoms with Crippen molar-refractivity contribution in [2.45, 2.75) is 78.3 Å². The van der Waals surface area contributed by atoms with E-state index in [-0.39, 0.29) is 12.0 Å². The van der Waals surface area contributed by atoms with Crippen molar-refractivity contribution in [3.63, 3.8) is 0 Å². The zero-order valence-corrected chi connectivity index (χ0v) is 14.8. The molecule has 0 saturated heterocycles. The predicted molar refractivity (Wildman–Crippen MR) is 87.4 cm³/mol. The molecule has 2 unspecified atom stereocenters. The van der Waals surface area contributed by atoms with Crippen molar-refractivity contribution in [1.29, 1.82) is 0 Å². The Morgan fingerprint density at radius 2 is 1.90 bits per heavy atom. The van der Waals surface area contributed by atoms with Crippen LogP contribution in [0.4, 0.5) is 0 Å². The summed E-state index contributed by atoms with van der Waals surface area (Å²) < 4.78 is 10.6. The van der Waals surface area contributed by atoms with Crippen molar-refractivity contribution < 1.29 is 14.3 Å². The Kier molecular flexibility index (Phi) is 10.7. The van der Waals surface area contributed by atoms with Gasteiger partial charge in [-0.15, -0.1) is 0 Å². The van der Waals surface area contributed by atoms with Crippen molar-refractivity contribution in [3.8, 4) is 0 Å². The molecule has 0 fully saturated rings. The normalized spacial score (nSPS) is 15.8. The lowest BCUT2D eigenvalue weighted by molar-refractivity contribution is -0.148. The van der Waals surface area contributed by atoms with Gasteiger partial charge in [0.15, 0.2) is 0 Å². The van der Waals surface area contributed by atoms with Gasteiger partial charge >= 0.3 is 5.97 Å². The van der Waals surface area contributed by atoms with Crippen LogP contribution in [-0.4, -0.2) is 37.9 Å². The van der Waals surface area contributed by atoms with Gasteiger partial charge < -0.3 is 9.47 Å². The first-order valence-electron chi connectivity index (χ1n) is 8.29. The highest BCUT2D eigenvalue weighted by Crippen LogP contribution is 2.17. The average molecular weight is 301 g/mol. The molecule has 0 aliphatic heterocycles. The van der Waals surface area contributed by atoms with E-state index in [2.05, 4.69) is 19.2 Å². The molecule has 0 saturated carbocycles. The molecule has 0 heterocycles. The molecule has 0 radical (unpaired) electrons. The maximum atomic E-state index is 11.9. The fraction of sp³-hybridized carbons (Fsp3) is 0.941. The Morgan fingerprint density at radius 1 is 1.24 bits per heavy atom. The zero-order valence-electron chi connectivity index (χ0n) is 14.8.